The summed E-state index contributed by atoms with van der Waals surface area (Å²) in [5.74, 6) is -2.02. The van der Waals surface area contributed by atoms with Gasteiger partial charge in [-0.25, -0.2) is 0 Å². The molecule has 0 radical (unpaired) electrons. The summed E-state index contributed by atoms with van der Waals surface area (Å²) in [4.78, 5) is 23.1. The van der Waals surface area contributed by atoms with Crippen LogP contribution >= 0.6 is 0 Å². The second-order valence-corrected chi connectivity index (χ2v) is 5.33. The molecule has 0 aromatic heterocycles. The van der Waals surface area contributed by atoms with Gasteiger partial charge in [0.25, 0.3) is 0 Å². The van der Waals surface area contributed by atoms with Gasteiger partial charge < -0.3 is 15.2 Å². The largest absolute Gasteiger partial charge is 0.481 e. The Kier molecular flexibility index (Phi) is 6.88. The van der Waals surface area contributed by atoms with E-state index in [1.807, 2.05) is 31.2 Å². The molecule has 2 unspecified atom stereocenters. The summed E-state index contributed by atoms with van der Waals surface area (Å²) in [6.07, 6.45) is 0.399. The zero-order valence-corrected chi connectivity index (χ0v) is 12.8. The molecule has 1 rings (SSSR count). The lowest BCUT2D eigenvalue weighted by molar-refractivity contribution is -0.141. The van der Waals surface area contributed by atoms with E-state index in [0.29, 0.717) is 13.0 Å². The van der Waals surface area contributed by atoms with Gasteiger partial charge in [0.1, 0.15) is 0 Å². The quantitative estimate of drug-likeness (QED) is 0.764. The summed E-state index contributed by atoms with van der Waals surface area (Å²) in [6, 6.07) is 7.74. The van der Waals surface area contributed by atoms with Gasteiger partial charge in [-0.2, -0.15) is 0 Å². The topological polar surface area (TPSA) is 75.6 Å². The van der Waals surface area contributed by atoms with Crippen molar-refractivity contribution in [3.05, 3.63) is 35.4 Å². The Bertz CT molecular complexity index is 487. The molecule has 116 valence electrons. The standard InChI is InChI=1S/C16H23NO4/c1-11-5-4-6-13(7-11)8-14(16(19)20)9-17-15(18)12(2)10-21-3/h4-7,12,14H,8-10H2,1-3H3,(H,17,18)(H,19,20). The van der Waals surface area contributed by atoms with Crippen LogP contribution in [0.2, 0.25) is 0 Å². The summed E-state index contributed by atoms with van der Waals surface area (Å²) in [5.41, 5.74) is 2.05. The van der Waals surface area contributed by atoms with E-state index in [2.05, 4.69) is 5.32 Å². The third kappa shape index (κ3) is 5.95. The molecule has 5 heteroatoms. The smallest absolute Gasteiger partial charge is 0.308 e. The first kappa shape index (κ1) is 17.2. The molecule has 2 N–H and O–H groups in total. The van der Waals surface area contributed by atoms with Crippen LogP contribution in [0.15, 0.2) is 24.3 Å². The number of amides is 1. The number of rotatable bonds is 8. The van der Waals surface area contributed by atoms with Crippen LogP contribution in [0, 0.1) is 18.8 Å². The number of ether oxygens (including phenoxy) is 1. The van der Waals surface area contributed by atoms with Crippen molar-refractivity contribution < 1.29 is 19.4 Å². The Morgan fingerprint density at radius 2 is 2.10 bits per heavy atom. The van der Waals surface area contributed by atoms with Gasteiger partial charge in [0.15, 0.2) is 0 Å². The molecule has 1 amide bonds. The molecular formula is C16H23NO4. The number of hydrogen-bond donors (Lipinski definition) is 2. The van der Waals surface area contributed by atoms with E-state index in [4.69, 9.17) is 4.74 Å². The number of methoxy groups -OCH3 is 1. The van der Waals surface area contributed by atoms with E-state index in [-0.39, 0.29) is 18.4 Å². The van der Waals surface area contributed by atoms with Gasteiger partial charge in [-0.3, -0.25) is 9.59 Å². The van der Waals surface area contributed by atoms with Crippen molar-refractivity contribution in [2.24, 2.45) is 11.8 Å². The predicted molar refractivity (Wildman–Crippen MR) is 80.1 cm³/mol. The monoisotopic (exact) mass is 293 g/mol. The first-order valence-corrected chi connectivity index (χ1v) is 6.99. The maximum atomic E-state index is 11.8. The van der Waals surface area contributed by atoms with Gasteiger partial charge >= 0.3 is 5.97 Å². The Labute approximate surface area is 125 Å². The lowest BCUT2D eigenvalue weighted by Gasteiger charge is -2.16. The summed E-state index contributed by atoms with van der Waals surface area (Å²) in [6.45, 7) is 4.15. The summed E-state index contributed by atoms with van der Waals surface area (Å²) in [7, 11) is 1.53. The molecule has 1 aromatic carbocycles. The van der Waals surface area contributed by atoms with Gasteiger partial charge in [-0.1, -0.05) is 36.8 Å². The van der Waals surface area contributed by atoms with Crippen molar-refractivity contribution in [3.63, 3.8) is 0 Å². The summed E-state index contributed by atoms with van der Waals surface area (Å²) < 4.78 is 4.91. The van der Waals surface area contributed by atoms with Crippen LogP contribution in [0.3, 0.4) is 0 Å². The fourth-order valence-corrected chi connectivity index (χ4v) is 2.09. The molecule has 1 aromatic rings. The highest BCUT2D eigenvalue weighted by molar-refractivity contribution is 5.79. The minimum Gasteiger partial charge on any atom is -0.481 e. The number of benzene rings is 1. The molecule has 0 spiro atoms. The Morgan fingerprint density at radius 1 is 1.38 bits per heavy atom. The number of nitrogens with one attached hydrogen (secondary N) is 1. The minimum atomic E-state index is -0.906. The molecule has 5 nitrogen and oxygen atoms in total. The Morgan fingerprint density at radius 3 is 2.67 bits per heavy atom. The molecule has 2 atom stereocenters. The highest BCUT2D eigenvalue weighted by atomic mass is 16.5. The van der Waals surface area contributed by atoms with Crippen LogP contribution in [0.1, 0.15) is 18.1 Å². The molecule has 0 aliphatic heterocycles. The molecule has 0 aliphatic rings. The number of carboxylic acid groups (broad SMARTS) is 1. The highest BCUT2D eigenvalue weighted by Crippen LogP contribution is 2.11. The minimum absolute atomic E-state index is 0.121. The second-order valence-electron chi connectivity index (χ2n) is 5.33. The van der Waals surface area contributed by atoms with Gasteiger partial charge in [-0.15, -0.1) is 0 Å². The molecule has 0 fully saturated rings. The average molecular weight is 293 g/mol. The van der Waals surface area contributed by atoms with Crippen LogP contribution in [0.4, 0.5) is 0 Å². The molecule has 0 aliphatic carbocycles. The normalized spacial score (nSPS) is 13.5. The number of hydrogen-bond acceptors (Lipinski definition) is 3. The third-order valence-corrected chi connectivity index (χ3v) is 3.30. The highest BCUT2D eigenvalue weighted by Gasteiger charge is 2.20. The van der Waals surface area contributed by atoms with Gasteiger partial charge in [-0.05, 0) is 18.9 Å². The van der Waals surface area contributed by atoms with E-state index in [1.54, 1.807) is 6.92 Å². The van der Waals surface area contributed by atoms with Gasteiger partial charge in [0, 0.05) is 13.7 Å². The molecule has 0 saturated carbocycles. The van der Waals surface area contributed by atoms with Gasteiger partial charge in [0.2, 0.25) is 5.91 Å². The average Bonchev–Trinajstić information content (AvgIpc) is 2.43. The van der Waals surface area contributed by atoms with Crippen molar-refractivity contribution in [1.82, 2.24) is 5.32 Å². The number of aliphatic carboxylic acids is 1. The van der Waals surface area contributed by atoms with Crippen LogP contribution in [-0.2, 0) is 20.7 Å². The fourth-order valence-electron chi connectivity index (χ4n) is 2.09. The zero-order valence-electron chi connectivity index (χ0n) is 12.8. The summed E-state index contributed by atoms with van der Waals surface area (Å²) >= 11 is 0. The van der Waals surface area contributed by atoms with Crippen LogP contribution in [0.25, 0.3) is 0 Å². The number of carbonyl (C=O) groups is 2. The van der Waals surface area contributed by atoms with Crippen LogP contribution in [-0.4, -0.2) is 37.2 Å². The first-order valence-electron chi connectivity index (χ1n) is 6.99. The Hall–Kier alpha value is -1.88. The Balaban J connectivity index is 2.58. The number of carboxylic acids is 1. The van der Waals surface area contributed by atoms with E-state index in [9.17, 15) is 14.7 Å². The number of aryl methyl sites for hydroxylation is 1. The van der Waals surface area contributed by atoms with Crippen molar-refractivity contribution in [2.75, 3.05) is 20.3 Å². The number of carbonyl (C=O) groups excluding carboxylic acids is 1. The molecule has 0 bridgehead atoms. The predicted octanol–water partition coefficient (Wildman–Crippen LogP) is 1.64. The lowest BCUT2D eigenvalue weighted by Crippen LogP contribution is -2.38. The maximum Gasteiger partial charge on any atom is 0.308 e. The maximum absolute atomic E-state index is 11.8. The van der Waals surface area contributed by atoms with Crippen molar-refractivity contribution >= 4 is 11.9 Å². The van der Waals surface area contributed by atoms with Crippen LogP contribution in [0.5, 0.6) is 0 Å². The zero-order chi connectivity index (χ0) is 15.8. The molecule has 0 saturated heterocycles. The van der Waals surface area contributed by atoms with Crippen molar-refractivity contribution in [2.45, 2.75) is 20.3 Å². The van der Waals surface area contributed by atoms with E-state index in [1.165, 1.54) is 7.11 Å². The molecule has 21 heavy (non-hydrogen) atoms. The lowest BCUT2D eigenvalue weighted by atomic mass is 9.98. The van der Waals surface area contributed by atoms with E-state index < -0.39 is 11.9 Å². The van der Waals surface area contributed by atoms with E-state index in [0.717, 1.165) is 11.1 Å². The van der Waals surface area contributed by atoms with Crippen molar-refractivity contribution in [1.29, 1.82) is 0 Å². The van der Waals surface area contributed by atoms with Crippen molar-refractivity contribution in [3.8, 4) is 0 Å². The SMILES string of the molecule is COCC(C)C(=O)NCC(Cc1cccc(C)c1)C(=O)O. The molecule has 0 heterocycles. The summed E-state index contributed by atoms with van der Waals surface area (Å²) in [5, 5.41) is 12.0. The second kappa shape index (κ2) is 8.42. The van der Waals surface area contributed by atoms with Crippen LogP contribution < -0.4 is 5.32 Å². The van der Waals surface area contributed by atoms with Gasteiger partial charge in [0.05, 0.1) is 18.4 Å². The molecular weight excluding hydrogens is 270 g/mol. The van der Waals surface area contributed by atoms with E-state index >= 15 is 0 Å². The third-order valence-electron chi connectivity index (χ3n) is 3.30. The fraction of sp³-hybridized carbons (Fsp3) is 0.500. The first-order chi connectivity index (χ1) is 9.93.